The summed E-state index contributed by atoms with van der Waals surface area (Å²) < 4.78 is 38.2. The number of benzene rings is 2. The van der Waals surface area contributed by atoms with Crippen molar-refractivity contribution >= 4 is 38.7 Å². The highest BCUT2D eigenvalue weighted by molar-refractivity contribution is 7.90. The third-order valence-electron chi connectivity index (χ3n) is 2.71. The van der Waals surface area contributed by atoms with Gasteiger partial charge in [0.2, 0.25) is 0 Å². The van der Waals surface area contributed by atoms with E-state index in [9.17, 15) is 12.8 Å². The van der Waals surface area contributed by atoms with Crippen LogP contribution in [-0.4, -0.2) is 8.42 Å². The molecule has 0 saturated carbocycles. The molecule has 3 nitrogen and oxygen atoms in total. The number of sulfone groups is 1. The highest BCUT2D eigenvalue weighted by Gasteiger charge is 2.19. The molecule has 0 heterocycles. The summed E-state index contributed by atoms with van der Waals surface area (Å²) in [5.41, 5.74) is 5.81. The quantitative estimate of drug-likeness (QED) is 0.871. The fourth-order valence-corrected chi connectivity index (χ4v) is 3.46. The molecule has 0 unspecified atom stereocenters. The maximum atomic E-state index is 13.7. The monoisotopic (exact) mass is 333 g/mol. The average molecular weight is 334 g/mol. The zero-order valence-corrected chi connectivity index (χ0v) is 12.4. The van der Waals surface area contributed by atoms with E-state index in [0.717, 1.165) is 0 Å². The van der Waals surface area contributed by atoms with E-state index in [1.807, 2.05) is 0 Å². The van der Waals surface area contributed by atoms with Crippen LogP contribution >= 0.6 is 23.2 Å². The zero-order chi connectivity index (χ0) is 14.9. The molecule has 0 aromatic heterocycles. The second-order valence-corrected chi connectivity index (χ2v) is 6.96. The van der Waals surface area contributed by atoms with Gasteiger partial charge in [0.05, 0.1) is 26.4 Å². The van der Waals surface area contributed by atoms with Crippen molar-refractivity contribution in [2.75, 3.05) is 5.73 Å². The van der Waals surface area contributed by atoms with Crippen molar-refractivity contribution in [1.29, 1.82) is 0 Å². The van der Waals surface area contributed by atoms with Gasteiger partial charge in [-0.1, -0.05) is 35.3 Å². The van der Waals surface area contributed by atoms with E-state index in [2.05, 4.69) is 0 Å². The summed E-state index contributed by atoms with van der Waals surface area (Å²) in [5.74, 6) is -1.24. The Balaban J connectivity index is 2.41. The van der Waals surface area contributed by atoms with Crippen molar-refractivity contribution in [3.63, 3.8) is 0 Å². The van der Waals surface area contributed by atoms with Crippen molar-refractivity contribution < 1.29 is 12.8 Å². The van der Waals surface area contributed by atoms with Gasteiger partial charge < -0.3 is 5.73 Å². The number of hydrogen-bond acceptors (Lipinski definition) is 3. The summed E-state index contributed by atoms with van der Waals surface area (Å²) in [5, 5.41) is 0.0191. The Hall–Kier alpha value is -1.30. The first kappa shape index (κ1) is 15.1. The van der Waals surface area contributed by atoms with Crippen LogP contribution in [0.2, 0.25) is 10.0 Å². The normalized spacial score (nSPS) is 11.6. The summed E-state index contributed by atoms with van der Waals surface area (Å²) in [7, 11) is -3.73. The molecule has 2 aromatic carbocycles. The molecule has 106 valence electrons. The van der Waals surface area contributed by atoms with Crippen LogP contribution in [0.15, 0.2) is 41.3 Å². The topological polar surface area (TPSA) is 60.2 Å². The number of anilines is 1. The van der Waals surface area contributed by atoms with Crippen LogP contribution in [0.25, 0.3) is 0 Å². The maximum absolute atomic E-state index is 13.7. The highest BCUT2D eigenvalue weighted by atomic mass is 35.5. The molecular weight excluding hydrogens is 324 g/mol. The van der Waals surface area contributed by atoms with Crippen LogP contribution in [0.3, 0.4) is 0 Å². The molecule has 2 aromatic rings. The molecule has 2 rings (SSSR count). The molecule has 0 atom stereocenters. The van der Waals surface area contributed by atoms with Crippen LogP contribution in [0.1, 0.15) is 5.56 Å². The predicted molar refractivity (Wildman–Crippen MR) is 78.2 cm³/mol. The third kappa shape index (κ3) is 3.06. The van der Waals surface area contributed by atoms with E-state index in [-0.39, 0.29) is 26.2 Å². The Labute approximate surface area is 126 Å². The summed E-state index contributed by atoms with van der Waals surface area (Å²) >= 11 is 11.4. The first-order valence-electron chi connectivity index (χ1n) is 5.52. The first-order valence-corrected chi connectivity index (χ1v) is 7.93. The average Bonchev–Trinajstić information content (AvgIpc) is 2.38. The molecule has 20 heavy (non-hydrogen) atoms. The molecule has 7 heteroatoms. The Morgan fingerprint density at radius 1 is 1.10 bits per heavy atom. The van der Waals surface area contributed by atoms with E-state index in [4.69, 9.17) is 28.9 Å². The van der Waals surface area contributed by atoms with Gasteiger partial charge in [-0.3, -0.25) is 0 Å². The van der Waals surface area contributed by atoms with E-state index in [1.54, 1.807) is 0 Å². The molecule has 2 N–H and O–H groups in total. The van der Waals surface area contributed by atoms with Crippen LogP contribution in [0.5, 0.6) is 0 Å². The number of nitrogens with two attached hydrogens (primary N) is 1. The van der Waals surface area contributed by atoms with E-state index >= 15 is 0 Å². The van der Waals surface area contributed by atoms with Crippen molar-refractivity contribution in [3.8, 4) is 0 Å². The third-order valence-corrected chi connectivity index (χ3v) is 4.99. The molecule has 0 bridgehead atoms. The van der Waals surface area contributed by atoms with Gasteiger partial charge in [0.25, 0.3) is 0 Å². The Kier molecular flexibility index (Phi) is 4.22. The Morgan fingerprint density at radius 3 is 2.45 bits per heavy atom. The second kappa shape index (κ2) is 5.60. The SMILES string of the molecule is Nc1ccc(S(=O)(=O)Cc2cccc(Cl)c2F)cc1Cl. The highest BCUT2D eigenvalue weighted by Crippen LogP contribution is 2.26. The standard InChI is InChI=1S/C13H10Cl2FNO2S/c14-10-3-1-2-8(13(10)16)7-20(18,19)9-4-5-12(17)11(15)6-9/h1-6H,7,17H2. The number of rotatable bonds is 3. The fraction of sp³-hybridized carbons (Fsp3) is 0.0769. The minimum Gasteiger partial charge on any atom is -0.398 e. The summed E-state index contributed by atoms with van der Waals surface area (Å²) in [4.78, 5) is -0.0175. The lowest BCUT2D eigenvalue weighted by molar-refractivity contribution is 0.587. The van der Waals surface area contributed by atoms with Gasteiger partial charge in [-0.2, -0.15) is 0 Å². The predicted octanol–water partition coefficient (Wildman–Crippen LogP) is 3.69. The largest absolute Gasteiger partial charge is 0.398 e. The Bertz CT molecular complexity index is 763. The van der Waals surface area contributed by atoms with Crippen molar-refractivity contribution in [2.45, 2.75) is 10.6 Å². The number of halogens is 3. The van der Waals surface area contributed by atoms with Crippen LogP contribution in [0.4, 0.5) is 10.1 Å². The smallest absolute Gasteiger partial charge is 0.182 e. The summed E-state index contributed by atoms with van der Waals surface area (Å²) in [6.07, 6.45) is 0. The molecule has 0 amide bonds. The summed E-state index contributed by atoms with van der Waals surface area (Å²) in [6.45, 7) is 0. The van der Waals surface area contributed by atoms with Crippen molar-refractivity contribution in [1.82, 2.24) is 0 Å². The van der Waals surface area contributed by atoms with Gasteiger partial charge in [-0.05, 0) is 24.3 Å². The van der Waals surface area contributed by atoms with E-state index in [1.165, 1.54) is 36.4 Å². The van der Waals surface area contributed by atoms with Gasteiger partial charge in [0.15, 0.2) is 9.84 Å². The summed E-state index contributed by atoms with van der Waals surface area (Å²) in [6, 6.07) is 8.19. The van der Waals surface area contributed by atoms with Crippen molar-refractivity contribution in [2.24, 2.45) is 0 Å². The molecule has 0 aliphatic rings. The second-order valence-electron chi connectivity index (χ2n) is 4.16. The maximum Gasteiger partial charge on any atom is 0.182 e. The van der Waals surface area contributed by atoms with Crippen LogP contribution in [0, 0.1) is 5.82 Å². The van der Waals surface area contributed by atoms with Gasteiger partial charge in [0.1, 0.15) is 5.82 Å². The number of hydrogen-bond donors (Lipinski definition) is 1. The van der Waals surface area contributed by atoms with Crippen LogP contribution < -0.4 is 5.73 Å². The minimum atomic E-state index is -3.73. The Morgan fingerprint density at radius 2 is 1.80 bits per heavy atom. The van der Waals surface area contributed by atoms with Gasteiger partial charge in [0, 0.05) is 5.56 Å². The zero-order valence-electron chi connectivity index (χ0n) is 10.1. The number of nitrogen functional groups attached to an aromatic ring is 1. The lowest BCUT2D eigenvalue weighted by atomic mass is 10.2. The molecule has 0 spiro atoms. The van der Waals surface area contributed by atoms with Gasteiger partial charge >= 0.3 is 0 Å². The molecule has 0 fully saturated rings. The molecule has 0 aliphatic carbocycles. The molecule has 0 saturated heterocycles. The molecular formula is C13H10Cl2FNO2S. The molecule has 0 radical (unpaired) electrons. The van der Waals surface area contributed by atoms with E-state index in [0.29, 0.717) is 0 Å². The van der Waals surface area contributed by atoms with E-state index < -0.39 is 21.4 Å². The van der Waals surface area contributed by atoms with Gasteiger partial charge in [-0.25, -0.2) is 12.8 Å². The van der Waals surface area contributed by atoms with Crippen molar-refractivity contribution in [3.05, 3.63) is 57.8 Å². The lowest BCUT2D eigenvalue weighted by Gasteiger charge is -2.08. The fourth-order valence-electron chi connectivity index (χ4n) is 1.65. The van der Waals surface area contributed by atoms with Crippen LogP contribution in [-0.2, 0) is 15.6 Å². The lowest BCUT2D eigenvalue weighted by Crippen LogP contribution is -2.07. The molecule has 0 aliphatic heterocycles. The van der Waals surface area contributed by atoms with Gasteiger partial charge in [-0.15, -0.1) is 0 Å². The minimum absolute atomic E-state index is 0.00504. The first-order chi connectivity index (χ1) is 9.31.